The van der Waals surface area contributed by atoms with Crippen LogP contribution in [-0.2, 0) is 17.8 Å². The first kappa shape index (κ1) is 20.4. The van der Waals surface area contributed by atoms with Gasteiger partial charge in [-0.05, 0) is 61.6 Å². The van der Waals surface area contributed by atoms with Crippen molar-refractivity contribution in [1.29, 1.82) is 0 Å². The Morgan fingerprint density at radius 1 is 1.25 bits per heavy atom. The predicted octanol–water partition coefficient (Wildman–Crippen LogP) is 3.70. The van der Waals surface area contributed by atoms with E-state index >= 15 is 0 Å². The number of nitrogens with one attached hydrogen (secondary N) is 1. The van der Waals surface area contributed by atoms with Gasteiger partial charge in [-0.3, -0.25) is 19.8 Å². The van der Waals surface area contributed by atoms with Crippen molar-refractivity contribution < 1.29 is 9.72 Å². The van der Waals surface area contributed by atoms with Crippen LogP contribution in [0.5, 0.6) is 0 Å². The Kier molecular flexibility index (Phi) is 5.22. The molecule has 0 spiro atoms. The number of hydrazone groups is 1. The number of hydrogen-bond donors (Lipinski definition) is 1. The lowest BCUT2D eigenvalue weighted by Gasteiger charge is -2.39. The predicted molar refractivity (Wildman–Crippen MR) is 123 cm³/mol. The average Bonchev–Trinajstić information content (AvgIpc) is 3.10. The number of amides is 1. The zero-order chi connectivity index (χ0) is 22.2. The van der Waals surface area contributed by atoms with Crippen LogP contribution in [0, 0.1) is 17.0 Å². The van der Waals surface area contributed by atoms with Crippen molar-refractivity contribution in [3.05, 3.63) is 75.0 Å². The summed E-state index contributed by atoms with van der Waals surface area (Å²) >= 11 is 0. The maximum atomic E-state index is 12.6. The molecule has 5 rings (SSSR count). The minimum absolute atomic E-state index is 0.0238. The van der Waals surface area contributed by atoms with Crippen molar-refractivity contribution >= 4 is 28.7 Å². The van der Waals surface area contributed by atoms with Gasteiger partial charge in [-0.1, -0.05) is 11.6 Å². The van der Waals surface area contributed by atoms with Gasteiger partial charge in [-0.15, -0.1) is 0 Å². The molecule has 0 radical (unpaired) electrons. The van der Waals surface area contributed by atoms with Crippen LogP contribution < -0.4 is 5.43 Å². The third kappa shape index (κ3) is 3.67. The van der Waals surface area contributed by atoms with E-state index < -0.39 is 4.92 Å². The molecule has 164 valence electrons. The largest absolute Gasteiger partial charge is 0.342 e. The third-order valence-corrected chi connectivity index (χ3v) is 6.49. The third-order valence-electron chi connectivity index (χ3n) is 6.49. The lowest BCUT2D eigenvalue weighted by atomic mass is 9.89. The highest BCUT2D eigenvalue weighted by Gasteiger charge is 2.35. The number of hydrogen-bond acceptors (Lipinski definition) is 5. The molecule has 8 nitrogen and oxygen atoms in total. The number of nitrogens with zero attached hydrogens (tertiary/aromatic N) is 4. The topological polar surface area (TPSA) is 92.8 Å². The smallest absolute Gasteiger partial charge is 0.269 e. The van der Waals surface area contributed by atoms with E-state index in [0.29, 0.717) is 12.1 Å². The quantitative estimate of drug-likeness (QED) is 0.379. The average molecular weight is 431 g/mol. The first-order valence-corrected chi connectivity index (χ1v) is 10.9. The van der Waals surface area contributed by atoms with E-state index in [1.807, 2.05) is 0 Å². The molecule has 1 amide bonds. The van der Waals surface area contributed by atoms with Crippen LogP contribution in [0.2, 0.25) is 0 Å². The maximum Gasteiger partial charge on any atom is 0.269 e. The van der Waals surface area contributed by atoms with Gasteiger partial charge in [0.05, 0.1) is 23.7 Å². The van der Waals surface area contributed by atoms with Gasteiger partial charge < -0.3 is 4.57 Å². The summed E-state index contributed by atoms with van der Waals surface area (Å²) in [4.78, 5) is 25.1. The zero-order valence-corrected chi connectivity index (χ0v) is 18.0. The number of non-ortho nitro benzene ring substituents is 1. The molecule has 32 heavy (non-hydrogen) atoms. The summed E-state index contributed by atoms with van der Waals surface area (Å²) in [5, 5.41) is 16.1. The van der Waals surface area contributed by atoms with E-state index in [-0.39, 0.29) is 17.6 Å². The molecule has 2 heterocycles. The summed E-state index contributed by atoms with van der Waals surface area (Å²) in [7, 11) is 0. The molecule has 3 aromatic rings. The summed E-state index contributed by atoms with van der Waals surface area (Å²) in [6.07, 6.45) is 4.78. The molecule has 1 N–H and O–H groups in total. The van der Waals surface area contributed by atoms with Crippen LogP contribution in [0.4, 0.5) is 5.69 Å². The van der Waals surface area contributed by atoms with Crippen LogP contribution in [-0.4, -0.2) is 39.6 Å². The van der Waals surface area contributed by atoms with Crippen LogP contribution in [0.1, 0.15) is 41.3 Å². The van der Waals surface area contributed by atoms with E-state index in [1.165, 1.54) is 46.1 Å². The Balaban J connectivity index is 1.28. The van der Waals surface area contributed by atoms with E-state index in [4.69, 9.17) is 0 Å². The molecule has 1 unspecified atom stereocenters. The lowest BCUT2D eigenvalue weighted by molar-refractivity contribution is -0.384. The van der Waals surface area contributed by atoms with Crippen molar-refractivity contribution in [1.82, 2.24) is 14.9 Å². The van der Waals surface area contributed by atoms with Crippen molar-refractivity contribution in [2.45, 2.75) is 38.8 Å². The van der Waals surface area contributed by atoms with E-state index in [1.54, 1.807) is 12.1 Å². The van der Waals surface area contributed by atoms with E-state index in [2.05, 4.69) is 45.1 Å². The van der Waals surface area contributed by atoms with E-state index in [9.17, 15) is 14.9 Å². The number of carbonyl (C=O) groups is 1. The van der Waals surface area contributed by atoms with Crippen LogP contribution in [0.15, 0.2) is 47.6 Å². The number of nitro benzene ring substituents is 1. The molecule has 1 atom stereocenters. The van der Waals surface area contributed by atoms with Crippen LogP contribution >= 0.6 is 0 Å². The molecule has 1 aromatic heterocycles. The molecule has 1 aliphatic carbocycles. The number of carbonyl (C=O) groups excluding carboxylic acids is 1. The van der Waals surface area contributed by atoms with Gasteiger partial charge in [0.25, 0.3) is 11.6 Å². The number of nitro groups is 1. The first-order valence-electron chi connectivity index (χ1n) is 10.9. The first-order chi connectivity index (χ1) is 15.5. The lowest BCUT2D eigenvalue weighted by Crippen LogP contribution is -2.44. The van der Waals surface area contributed by atoms with Crippen LogP contribution in [0.25, 0.3) is 10.9 Å². The summed E-state index contributed by atoms with van der Waals surface area (Å²) in [5.74, 6) is -0.157. The van der Waals surface area contributed by atoms with Crippen LogP contribution in [0.3, 0.4) is 0 Å². The highest BCUT2D eigenvalue weighted by molar-refractivity contribution is 5.87. The Morgan fingerprint density at radius 2 is 2.06 bits per heavy atom. The molecular formula is C24H25N5O3. The Labute approximate surface area is 185 Å². The number of aryl methyl sites for hydroxylation is 2. The second-order valence-corrected chi connectivity index (χ2v) is 8.56. The van der Waals surface area contributed by atoms with Crippen molar-refractivity contribution in [3.8, 4) is 0 Å². The number of aromatic nitrogens is 1. The second-order valence-electron chi connectivity index (χ2n) is 8.56. The Hall–Kier alpha value is -3.52. The molecule has 0 bridgehead atoms. The second kappa shape index (κ2) is 8.20. The molecule has 0 fully saturated rings. The fourth-order valence-electron chi connectivity index (χ4n) is 5.06. The van der Waals surface area contributed by atoms with Gasteiger partial charge >= 0.3 is 0 Å². The summed E-state index contributed by atoms with van der Waals surface area (Å²) < 4.78 is 2.45. The molecule has 2 aliphatic rings. The Bertz CT molecular complexity index is 1230. The highest BCUT2D eigenvalue weighted by atomic mass is 16.6. The van der Waals surface area contributed by atoms with E-state index in [0.717, 1.165) is 32.4 Å². The highest BCUT2D eigenvalue weighted by Crippen LogP contribution is 2.42. The molecule has 2 aromatic carbocycles. The molecule has 0 saturated heterocycles. The van der Waals surface area contributed by atoms with Gasteiger partial charge in [0, 0.05) is 41.8 Å². The monoisotopic (exact) mass is 431 g/mol. The number of fused-ring (bicyclic) bond motifs is 3. The van der Waals surface area contributed by atoms with Gasteiger partial charge in [0.1, 0.15) is 0 Å². The van der Waals surface area contributed by atoms with Gasteiger partial charge in [-0.2, -0.15) is 5.10 Å². The summed E-state index contributed by atoms with van der Waals surface area (Å²) in [6.45, 7) is 4.14. The summed E-state index contributed by atoms with van der Waals surface area (Å²) in [6, 6.07) is 13.0. The molecule has 1 aliphatic heterocycles. The minimum atomic E-state index is -0.446. The van der Waals surface area contributed by atoms with Gasteiger partial charge in [-0.25, -0.2) is 5.43 Å². The molecule has 8 heteroatoms. The number of rotatable bonds is 5. The van der Waals surface area contributed by atoms with Crippen molar-refractivity contribution in [2.24, 2.45) is 5.10 Å². The van der Waals surface area contributed by atoms with Gasteiger partial charge in [0.15, 0.2) is 0 Å². The van der Waals surface area contributed by atoms with Gasteiger partial charge in [0.2, 0.25) is 0 Å². The summed E-state index contributed by atoms with van der Waals surface area (Å²) in [5.41, 5.74) is 8.72. The molecular weight excluding hydrogens is 406 g/mol. The maximum absolute atomic E-state index is 12.6. The normalized spacial score (nSPS) is 18.1. The minimum Gasteiger partial charge on any atom is -0.342 e. The fraction of sp³-hybridized carbons (Fsp3) is 0.333. The van der Waals surface area contributed by atoms with Crippen molar-refractivity contribution in [2.75, 3.05) is 13.1 Å². The zero-order valence-electron chi connectivity index (χ0n) is 18.0. The standard InChI is InChI=1S/C24H25N5O3/c1-16-5-10-21-20(13-16)19-3-2-4-22-24(19)28(21)12-11-27(22)15-23(30)26-25-14-17-6-8-18(9-7-17)29(31)32/h5-10,13-14,22H,2-4,11-12,15H2,1H3,(H,26,30)/b25-14+. The molecule has 0 saturated carbocycles. The number of benzene rings is 2. The Morgan fingerprint density at radius 3 is 2.84 bits per heavy atom. The van der Waals surface area contributed by atoms with Crippen molar-refractivity contribution in [3.63, 3.8) is 0 Å². The fourth-order valence-corrected chi connectivity index (χ4v) is 5.06. The SMILES string of the molecule is Cc1ccc2c(c1)c1c3n2CCN(CC(=O)N/N=C/c2ccc([N+](=O)[O-])cc2)C3CCC1.